The SMILES string of the molecule is c1ccc2oc(N3CC(n4cccn4)C3)nc2c1. The Balaban J connectivity index is 1.56. The minimum absolute atomic E-state index is 0.426. The van der Waals surface area contributed by atoms with Gasteiger partial charge in [-0.2, -0.15) is 10.1 Å². The van der Waals surface area contributed by atoms with E-state index in [-0.39, 0.29) is 0 Å². The molecule has 0 atom stereocenters. The van der Waals surface area contributed by atoms with Crippen molar-refractivity contribution in [2.24, 2.45) is 0 Å². The van der Waals surface area contributed by atoms with Crippen LogP contribution in [0.25, 0.3) is 11.1 Å². The number of oxazole rings is 1. The Morgan fingerprint density at radius 3 is 2.83 bits per heavy atom. The Kier molecular flexibility index (Phi) is 1.94. The molecule has 0 aliphatic carbocycles. The van der Waals surface area contributed by atoms with Gasteiger partial charge in [-0.15, -0.1) is 0 Å². The fraction of sp³-hybridized carbons (Fsp3) is 0.231. The molecule has 5 heteroatoms. The van der Waals surface area contributed by atoms with Gasteiger partial charge in [0.25, 0.3) is 6.01 Å². The second kappa shape index (κ2) is 3.60. The van der Waals surface area contributed by atoms with E-state index in [1.807, 2.05) is 47.4 Å². The highest BCUT2D eigenvalue weighted by molar-refractivity contribution is 5.74. The maximum absolute atomic E-state index is 5.72. The minimum atomic E-state index is 0.426. The Morgan fingerprint density at radius 1 is 1.17 bits per heavy atom. The fourth-order valence-corrected chi connectivity index (χ4v) is 2.27. The lowest BCUT2D eigenvalue weighted by Crippen LogP contribution is -2.48. The summed E-state index contributed by atoms with van der Waals surface area (Å²) in [5, 5.41) is 4.25. The number of fused-ring (bicyclic) bond motifs is 1. The van der Waals surface area contributed by atoms with Crippen LogP contribution in [0.15, 0.2) is 47.1 Å². The monoisotopic (exact) mass is 240 g/mol. The molecule has 4 rings (SSSR count). The molecule has 3 heterocycles. The van der Waals surface area contributed by atoms with Gasteiger partial charge in [0, 0.05) is 25.5 Å². The van der Waals surface area contributed by atoms with Crippen LogP contribution in [-0.4, -0.2) is 27.9 Å². The number of hydrogen-bond donors (Lipinski definition) is 0. The zero-order chi connectivity index (χ0) is 11.9. The molecule has 0 radical (unpaired) electrons. The molecule has 3 aromatic rings. The standard InChI is InChI=1S/C13H12N4O/c1-2-5-12-11(4-1)15-13(18-12)16-8-10(9-16)17-7-3-6-14-17/h1-7,10H,8-9H2. The molecule has 1 aliphatic rings. The van der Waals surface area contributed by atoms with Crippen LogP contribution in [0.3, 0.4) is 0 Å². The first-order valence-electron chi connectivity index (χ1n) is 6.00. The van der Waals surface area contributed by atoms with Crippen molar-refractivity contribution in [3.05, 3.63) is 42.7 Å². The molecule has 0 spiro atoms. The maximum atomic E-state index is 5.72. The lowest BCUT2D eigenvalue weighted by atomic mass is 10.1. The second-order valence-electron chi connectivity index (χ2n) is 4.51. The predicted octanol–water partition coefficient (Wildman–Crippen LogP) is 2.09. The van der Waals surface area contributed by atoms with Gasteiger partial charge >= 0.3 is 0 Å². The predicted molar refractivity (Wildman–Crippen MR) is 67.5 cm³/mol. The molecule has 5 nitrogen and oxygen atoms in total. The van der Waals surface area contributed by atoms with Crippen molar-refractivity contribution in [3.8, 4) is 0 Å². The lowest BCUT2D eigenvalue weighted by Gasteiger charge is -2.37. The quantitative estimate of drug-likeness (QED) is 0.688. The van der Waals surface area contributed by atoms with Crippen molar-refractivity contribution in [2.75, 3.05) is 18.0 Å². The van der Waals surface area contributed by atoms with Gasteiger partial charge in [0.05, 0.1) is 6.04 Å². The van der Waals surface area contributed by atoms with Crippen LogP contribution in [0.2, 0.25) is 0 Å². The van der Waals surface area contributed by atoms with Gasteiger partial charge < -0.3 is 9.32 Å². The van der Waals surface area contributed by atoms with E-state index < -0.39 is 0 Å². The molecule has 0 unspecified atom stereocenters. The van der Waals surface area contributed by atoms with Crippen molar-refractivity contribution in [1.29, 1.82) is 0 Å². The summed E-state index contributed by atoms with van der Waals surface area (Å²) in [7, 11) is 0. The molecule has 2 aromatic heterocycles. The van der Waals surface area contributed by atoms with Crippen LogP contribution in [0, 0.1) is 0 Å². The zero-order valence-corrected chi connectivity index (χ0v) is 9.73. The summed E-state index contributed by atoms with van der Waals surface area (Å²) in [4.78, 5) is 6.61. The van der Waals surface area contributed by atoms with Gasteiger partial charge in [-0.05, 0) is 18.2 Å². The summed E-state index contributed by atoms with van der Waals surface area (Å²) >= 11 is 0. The number of hydrogen-bond acceptors (Lipinski definition) is 4. The number of anilines is 1. The van der Waals surface area contributed by atoms with Crippen LogP contribution >= 0.6 is 0 Å². The molecule has 0 saturated carbocycles. The average molecular weight is 240 g/mol. The van der Waals surface area contributed by atoms with E-state index in [0.717, 1.165) is 24.2 Å². The smallest absolute Gasteiger partial charge is 0.298 e. The molecule has 0 bridgehead atoms. The third kappa shape index (κ3) is 1.40. The molecule has 1 aromatic carbocycles. The van der Waals surface area contributed by atoms with E-state index in [2.05, 4.69) is 15.0 Å². The first kappa shape index (κ1) is 9.70. The normalized spacial score (nSPS) is 16.1. The summed E-state index contributed by atoms with van der Waals surface area (Å²) in [6, 6.07) is 10.9. The lowest BCUT2D eigenvalue weighted by molar-refractivity contribution is 0.348. The summed E-state index contributed by atoms with van der Waals surface area (Å²) in [5.41, 5.74) is 1.75. The van der Waals surface area contributed by atoms with E-state index in [0.29, 0.717) is 12.1 Å². The van der Waals surface area contributed by atoms with E-state index in [9.17, 15) is 0 Å². The number of rotatable bonds is 2. The highest BCUT2D eigenvalue weighted by atomic mass is 16.4. The highest BCUT2D eigenvalue weighted by Gasteiger charge is 2.31. The Morgan fingerprint density at radius 2 is 2.06 bits per heavy atom. The van der Waals surface area contributed by atoms with E-state index >= 15 is 0 Å². The molecular weight excluding hydrogens is 228 g/mol. The molecular formula is C13H12N4O. The molecule has 1 saturated heterocycles. The number of nitrogens with zero attached hydrogens (tertiary/aromatic N) is 4. The van der Waals surface area contributed by atoms with Crippen molar-refractivity contribution in [2.45, 2.75) is 6.04 Å². The maximum Gasteiger partial charge on any atom is 0.298 e. The Bertz CT molecular complexity index is 634. The molecule has 0 N–H and O–H groups in total. The van der Waals surface area contributed by atoms with Gasteiger partial charge in [0.1, 0.15) is 5.52 Å². The number of benzene rings is 1. The van der Waals surface area contributed by atoms with Gasteiger partial charge in [0.15, 0.2) is 5.58 Å². The van der Waals surface area contributed by atoms with Crippen molar-refractivity contribution in [3.63, 3.8) is 0 Å². The molecule has 1 fully saturated rings. The van der Waals surface area contributed by atoms with E-state index in [1.54, 1.807) is 0 Å². The van der Waals surface area contributed by atoms with Gasteiger partial charge in [0.2, 0.25) is 0 Å². The molecule has 1 aliphatic heterocycles. The Hall–Kier alpha value is -2.30. The largest absolute Gasteiger partial charge is 0.423 e. The fourth-order valence-electron chi connectivity index (χ4n) is 2.27. The van der Waals surface area contributed by atoms with Crippen LogP contribution < -0.4 is 4.90 Å². The number of aromatic nitrogens is 3. The van der Waals surface area contributed by atoms with Crippen LogP contribution in [0.5, 0.6) is 0 Å². The number of para-hydroxylation sites is 2. The first-order valence-corrected chi connectivity index (χ1v) is 6.00. The summed E-state index contributed by atoms with van der Waals surface area (Å²) in [6.45, 7) is 1.79. The zero-order valence-electron chi connectivity index (χ0n) is 9.73. The van der Waals surface area contributed by atoms with Crippen molar-refractivity contribution >= 4 is 17.1 Å². The summed E-state index contributed by atoms with van der Waals surface area (Å²) in [5.74, 6) is 0. The molecule has 18 heavy (non-hydrogen) atoms. The molecule has 90 valence electrons. The van der Waals surface area contributed by atoms with E-state index in [4.69, 9.17) is 4.42 Å². The van der Waals surface area contributed by atoms with Crippen LogP contribution in [0.1, 0.15) is 6.04 Å². The van der Waals surface area contributed by atoms with Crippen LogP contribution in [0.4, 0.5) is 6.01 Å². The topological polar surface area (TPSA) is 47.1 Å². The highest BCUT2D eigenvalue weighted by Crippen LogP contribution is 2.29. The van der Waals surface area contributed by atoms with Gasteiger partial charge in [-0.25, -0.2) is 0 Å². The van der Waals surface area contributed by atoms with Crippen LogP contribution in [-0.2, 0) is 0 Å². The summed E-state index contributed by atoms with van der Waals surface area (Å²) in [6.07, 6.45) is 3.80. The second-order valence-corrected chi connectivity index (χ2v) is 4.51. The van der Waals surface area contributed by atoms with Gasteiger partial charge in [-0.1, -0.05) is 12.1 Å². The average Bonchev–Trinajstić information content (AvgIpc) is 2.94. The first-order chi connectivity index (χ1) is 8.90. The Labute approximate surface area is 104 Å². The minimum Gasteiger partial charge on any atom is -0.423 e. The van der Waals surface area contributed by atoms with Crippen molar-refractivity contribution in [1.82, 2.24) is 14.8 Å². The molecule has 0 amide bonds. The summed E-state index contributed by atoms with van der Waals surface area (Å²) < 4.78 is 7.71. The van der Waals surface area contributed by atoms with Gasteiger partial charge in [-0.3, -0.25) is 4.68 Å². The third-order valence-corrected chi connectivity index (χ3v) is 3.31. The third-order valence-electron chi connectivity index (χ3n) is 3.31. The van der Waals surface area contributed by atoms with Crippen molar-refractivity contribution < 1.29 is 4.42 Å². The van der Waals surface area contributed by atoms with E-state index in [1.165, 1.54) is 0 Å².